The monoisotopic (exact) mass is 1050 g/mol. The second-order valence-electron chi connectivity index (χ2n) is 23.6. The van der Waals surface area contributed by atoms with Crippen molar-refractivity contribution in [1.82, 2.24) is 8.80 Å². The van der Waals surface area contributed by atoms with Gasteiger partial charge in [0.1, 0.15) is 0 Å². The Labute approximate surface area is 478 Å². The Hall–Kier alpha value is -9.38. The zero-order valence-electron chi connectivity index (χ0n) is 46.1. The van der Waals surface area contributed by atoms with Gasteiger partial charge in [-0.25, -0.2) is 0 Å². The molecule has 0 spiro atoms. The molecule has 4 aromatic heterocycles. The Bertz CT molecular complexity index is 4590. The van der Waals surface area contributed by atoms with E-state index in [4.69, 9.17) is 0 Å². The number of aromatic nitrogens is 2. The van der Waals surface area contributed by atoms with E-state index >= 15 is 0 Å². The van der Waals surface area contributed by atoms with Crippen LogP contribution < -0.4 is 9.80 Å². The van der Waals surface area contributed by atoms with E-state index in [0.29, 0.717) is 11.8 Å². The Balaban J connectivity index is 0.915. The van der Waals surface area contributed by atoms with E-state index in [0.717, 1.165) is 0 Å². The van der Waals surface area contributed by atoms with Crippen LogP contribution in [-0.2, 0) is 0 Å². The molecule has 4 heterocycles. The van der Waals surface area contributed by atoms with Gasteiger partial charge in [0.05, 0.1) is 55.8 Å². The fourth-order valence-electron chi connectivity index (χ4n) is 15.4. The summed E-state index contributed by atoms with van der Waals surface area (Å²) >= 11 is 0. The highest BCUT2D eigenvalue weighted by atomic mass is 15.2. The minimum atomic E-state index is 0.580. The third-order valence-corrected chi connectivity index (χ3v) is 19.1. The first-order valence-electron chi connectivity index (χ1n) is 30.1. The fraction of sp³-hybridized carbons (Fsp3) is 0.154. The second-order valence-corrected chi connectivity index (χ2v) is 23.6. The van der Waals surface area contributed by atoms with Crippen LogP contribution in [0.1, 0.15) is 87.2 Å². The molecular formula is C78H62N4. The van der Waals surface area contributed by atoms with E-state index in [1.165, 1.54) is 208 Å². The largest absolute Gasteiger partial charge is 0.309 e. The van der Waals surface area contributed by atoms with Crippen LogP contribution in [0.25, 0.3) is 98.4 Å². The number of fused-ring (bicyclic) bond motifs is 12. The van der Waals surface area contributed by atoms with Gasteiger partial charge in [0.15, 0.2) is 0 Å². The molecule has 0 saturated heterocycles. The number of para-hydroxylation sites is 4. The molecule has 0 aliphatic heterocycles. The molecule has 11 aromatic carbocycles. The van der Waals surface area contributed by atoms with Gasteiger partial charge >= 0.3 is 0 Å². The molecule has 0 unspecified atom stereocenters. The van der Waals surface area contributed by atoms with Gasteiger partial charge in [0.25, 0.3) is 0 Å². The number of benzene rings is 11. The lowest BCUT2D eigenvalue weighted by molar-refractivity contribution is 0.443. The molecule has 2 aliphatic carbocycles. The molecule has 2 fully saturated rings. The maximum Gasteiger partial charge on any atom is 0.0641 e. The van der Waals surface area contributed by atoms with Crippen molar-refractivity contribution in [2.75, 3.05) is 9.80 Å². The van der Waals surface area contributed by atoms with E-state index in [1.807, 2.05) is 0 Å². The lowest BCUT2D eigenvalue weighted by Gasteiger charge is -2.30. The van der Waals surface area contributed by atoms with E-state index in [9.17, 15) is 0 Å². The molecule has 2 aliphatic rings. The predicted octanol–water partition coefficient (Wildman–Crippen LogP) is 22.4. The first-order chi connectivity index (χ1) is 40.7. The number of nitrogens with zero attached hydrogens (tertiary/aromatic N) is 4. The average molecular weight is 1060 g/mol. The minimum absolute atomic E-state index is 0.580. The molecule has 4 heteroatoms. The smallest absolute Gasteiger partial charge is 0.0641 e. The molecule has 0 atom stereocenters. The van der Waals surface area contributed by atoms with Crippen molar-refractivity contribution in [2.24, 2.45) is 0 Å². The highest BCUT2D eigenvalue weighted by Crippen LogP contribution is 2.53. The fourth-order valence-corrected chi connectivity index (χ4v) is 15.4. The summed E-state index contributed by atoms with van der Waals surface area (Å²) in [6, 6.07) is 92.1. The SMILES string of the molecule is c1ccc(-c2ccccc2N(c2cccc(C3CCCCC3)c2)c2ccc3c4cc5c(cc4n4c6ccccc6c2c34)c2ccc(N(c3cccc(C4CCCCC4)c3)c3ccccc3-c3ccccc3)c3c4ccccc4n5c23)cc1. The van der Waals surface area contributed by atoms with E-state index in [2.05, 4.69) is 261 Å². The van der Waals surface area contributed by atoms with Crippen molar-refractivity contribution in [3.63, 3.8) is 0 Å². The second kappa shape index (κ2) is 19.1. The molecule has 394 valence electrons. The number of anilines is 6. The Morgan fingerprint density at radius 2 is 0.683 bits per heavy atom. The maximum absolute atomic E-state index is 2.59. The first kappa shape index (κ1) is 47.4. The first-order valence-corrected chi connectivity index (χ1v) is 30.1. The van der Waals surface area contributed by atoms with Crippen molar-refractivity contribution in [3.8, 4) is 22.3 Å². The summed E-state index contributed by atoms with van der Waals surface area (Å²) in [5.74, 6) is 1.16. The van der Waals surface area contributed by atoms with Crippen LogP contribution in [0, 0.1) is 0 Å². The average Bonchev–Trinajstić information content (AvgIpc) is 2.20. The summed E-state index contributed by atoms with van der Waals surface area (Å²) in [5.41, 5.74) is 22.3. The van der Waals surface area contributed by atoms with Crippen molar-refractivity contribution in [1.29, 1.82) is 0 Å². The molecule has 0 radical (unpaired) electrons. The van der Waals surface area contributed by atoms with Crippen LogP contribution in [0.2, 0.25) is 0 Å². The van der Waals surface area contributed by atoms with Crippen molar-refractivity contribution in [2.45, 2.75) is 76.0 Å². The molecular weight excluding hydrogens is 993 g/mol. The van der Waals surface area contributed by atoms with Gasteiger partial charge in [-0.1, -0.05) is 208 Å². The lowest BCUT2D eigenvalue weighted by atomic mass is 9.84. The lowest BCUT2D eigenvalue weighted by Crippen LogP contribution is -2.13. The molecule has 4 nitrogen and oxygen atoms in total. The summed E-state index contributed by atoms with van der Waals surface area (Å²) in [6.45, 7) is 0. The molecule has 0 N–H and O–H groups in total. The van der Waals surface area contributed by atoms with E-state index in [1.54, 1.807) is 0 Å². The minimum Gasteiger partial charge on any atom is -0.309 e. The highest BCUT2D eigenvalue weighted by molar-refractivity contribution is 6.32. The van der Waals surface area contributed by atoms with Gasteiger partial charge in [0.2, 0.25) is 0 Å². The topological polar surface area (TPSA) is 15.3 Å². The normalized spacial score (nSPS) is 14.7. The van der Waals surface area contributed by atoms with Crippen LogP contribution in [-0.4, -0.2) is 8.80 Å². The number of hydrogen-bond acceptors (Lipinski definition) is 2. The summed E-state index contributed by atoms with van der Waals surface area (Å²) in [4.78, 5) is 5.16. The van der Waals surface area contributed by atoms with Crippen LogP contribution in [0.3, 0.4) is 0 Å². The molecule has 2 saturated carbocycles. The van der Waals surface area contributed by atoms with Gasteiger partial charge in [-0.2, -0.15) is 0 Å². The zero-order valence-corrected chi connectivity index (χ0v) is 46.1. The van der Waals surface area contributed by atoms with Gasteiger partial charge < -0.3 is 18.6 Å². The summed E-state index contributed by atoms with van der Waals surface area (Å²) < 4.78 is 5.19. The van der Waals surface area contributed by atoms with Crippen molar-refractivity contribution in [3.05, 3.63) is 254 Å². The van der Waals surface area contributed by atoms with Gasteiger partial charge in [-0.05, 0) is 133 Å². The molecule has 0 bridgehead atoms. The van der Waals surface area contributed by atoms with Crippen LogP contribution in [0.15, 0.2) is 243 Å². The molecule has 17 rings (SSSR count). The third kappa shape index (κ3) is 7.29. The predicted molar refractivity (Wildman–Crippen MR) is 348 cm³/mol. The summed E-state index contributed by atoms with van der Waals surface area (Å²) in [6.07, 6.45) is 12.9. The quantitative estimate of drug-likeness (QED) is 0.136. The maximum atomic E-state index is 2.59. The van der Waals surface area contributed by atoms with Crippen LogP contribution in [0.4, 0.5) is 34.1 Å². The van der Waals surface area contributed by atoms with Crippen molar-refractivity contribution >= 4 is 110 Å². The molecule has 0 amide bonds. The van der Waals surface area contributed by atoms with Crippen molar-refractivity contribution < 1.29 is 0 Å². The van der Waals surface area contributed by atoms with Gasteiger partial charge in [-0.15, -0.1) is 0 Å². The van der Waals surface area contributed by atoms with Crippen LogP contribution >= 0.6 is 0 Å². The number of hydrogen-bond donors (Lipinski definition) is 0. The third-order valence-electron chi connectivity index (χ3n) is 19.1. The van der Waals surface area contributed by atoms with E-state index < -0.39 is 0 Å². The zero-order chi connectivity index (χ0) is 53.8. The Morgan fingerprint density at radius 3 is 1.13 bits per heavy atom. The Morgan fingerprint density at radius 1 is 0.280 bits per heavy atom. The van der Waals surface area contributed by atoms with Gasteiger partial charge in [-0.3, -0.25) is 0 Å². The standard InChI is InChI=1S/C78H62N4/c1-5-23-51(24-6-1)55-31-21-33-57(47-55)79(67-39-17-13-35-59(67)53-27-9-3-10-28-53)71-45-43-61-65-49-74-66(50-73(65)81-69-41-19-15-37-63(69)75(71)77(61)81)62-44-46-72(76-64-38-16-20-42-70(64)82(74)78(62)76)80(58-34-22-32-56(48-58)52-25-7-2-8-26-52)68-40-18-14-36-60(68)54-29-11-4-12-30-54/h3-4,9-22,27-52H,1-2,5-8,23-26H2. The summed E-state index contributed by atoms with van der Waals surface area (Å²) in [7, 11) is 0. The van der Waals surface area contributed by atoms with E-state index in [-0.39, 0.29) is 0 Å². The van der Waals surface area contributed by atoms with Gasteiger partial charge in [0, 0.05) is 65.6 Å². The highest BCUT2D eigenvalue weighted by Gasteiger charge is 2.30. The number of rotatable bonds is 10. The molecule has 15 aromatic rings. The molecule has 82 heavy (non-hydrogen) atoms. The van der Waals surface area contributed by atoms with Crippen LogP contribution in [0.5, 0.6) is 0 Å². The summed E-state index contributed by atoms with van der Waals surface area (Å²) in [5, 5.41) is 10.1. The Kier molecular flexibility index (Phi) is 11.1.